The lowest BCUT2D eigenvalue weighted by atomic mass is 10.2. The predicted octanol–water partition coefficient (Wildman–Crippen LogP) is 3.35. The molecule has 0 bridgehead atoms. The van der Waals surface area contributed by atoms with E-state index in [0.29, 0.717) is 34.8 Å². The number of benzene rings is 1. The van der Waals surface area contributed by atoms with Crippen molar-refractivity contribution in [1.82, 2.24) is 29.3 Å². The topological polar surface area (TPSA) is 113 Å². The third-order valence-electron chi connectivity index (χ3n) is 8.03. The molecule has 4 aromatic rings. The Bertz CT molecular complexity index is 1510. The number of methoxy groups -OCH3 is 3. The molecule has 0 amide bonds. The van der Waals surface area contributed by atoms with Crippen molar-refractivity contribution in [2.24, 2.45) is 0 Å². The number of imidazole rings is 1. The van der Waals surface area contributed by atoms with Crippen LogP contribution < -0.4 is 24.4 Å². The Hall–Kier alpha value is -3.65. The monoisotopic (exact) mass is 594 g/mol. The van der Waals surface area contributed by atoms with Gasteiger partial charge in [-0.1, -0.05) is 0 Å². The summed E-state index contributed by atoms with van der Waals surface area (Å²) in [5.74, 6) is 3.64. The minimum atomic E-state index is 0.0271. The minimum absolute atomic E-state index is 0.0271. The van der Waals surface area contributed by atoms with E-state index < -0.39 is 0 Å². The van der Waals surface area contributed by atoms with Crippen LogP contribution in [0.25, 0.3) is 15.9 Å². The SMILES string of the molecule is COc1cc(-n2cnc(Nc3nc(N4CCC[C@H]4CO)nc4sc(CN5CCN(C)CC5)cc34)c2)cc(OC)c1OC. The number of anilines is 3. The van der Waals surface area contributed by atoms with Crippen molar-refractivity contribution in [1.29, 1.82) is 0 Å². The van der Waals surface area contributed by atoms with Gasteiger partial charge in [-0.05, 0) is 26.0 Å². The van der Waals surface area contributed by atoms with Crippen LogP contribution in [0.5, 0.6) is 17.2 Å². The Kier molecular flexibility index (Phi) is 8.34. The van der Waals surface area contributed by atoms with Gasteiger partial charge in [0.1, 0.15) is 22.8 Å². The second kappa shape index (κ2) is 12.3. The van der Waals surface area contributed by atoms with E-state index in [1.165, 1.54) is 4.88 Å². The third-order valence-corrected chi connectivity index (χ3v) is 9.04. The smallest absolute Gasteiger partial charge is 0.229 e. The van der Waals surface area contributed by atoms with Gasteiger partial charge in [-0.3, -0.25) is 4.90 Å². The standard InChI is InChI=1S/C29H38N8O4S/c1-34-8-10-35(11-9-34)15-21-14-22-27(32-29(33-28(22)42-21)37-7-5-6-19(37)17-38)31-25-16-36(18-30-25)20-12-23(39-2)26(41-4)24(13-20)40-3/h12-14,16,18-19,38H,5-11,15,17H2,1-4H3,(H,31,32,33)/t19-/m0/s1. The number of hydrogen-bond acceptors (Lipinski definition) is 12. The summed E-state index contributed by atoms with van der Waals surface area (Å²) in [6, 6.07) is 5.98. The quantitative estimate of drug-likeness (QED) is 0.282. The first kappa shape index (κ1) is 28.5. The van der Waals surface area contributed by atoms with Crippen LogP contribution in [0.4, 0.5) is 17.6 Å². The molecule has 0 unspecified atom stereocenters. The van der Waals surface area contributed by atoms with E-state index >= 15 is 0 Å². The van der Waals surface area contributed by atoms with E-state index in [0.717, 1.165) is 68.0 Å². The second-order valence-corrected chi connectivity index (χ2v) is 11.8. The maximum Gasteiger partial charge on any atom is 0.229 e. The minimum Gasteiger partial charge on any atom is -0.493 e. The lowest BCUT2D eigenvalue weighted by Crippen LogP contribution is -2.43. The fourth-order valence-electron chi connectivity index (χ4n) is 5.64. The highest BCUT2D eigenvalue weighted by Gasteiger charge is 2.28. The van der Waals surface area contributed by atoms with Crippen molar-refractivity contribution in [3.8, 4) is 22.9 Å². The van der Waals surface area contributed by atoms with E-state index in [9.17, 15) is 5.11 Å². The van der Waals surface area contributed by atoms with Gasteiger partial charge in [0, 0.05) is 56.3 Å². The number of nitrogens with one attached hydrogen (secondary N) is 1. The van der Waals surface area contributed by atoms with E-state index in [-0.39, 0.29) is 12.6 Å². The Balaban J connectivity index is 1.33. The average Bonchev–Trinajstić information content (AvgIpc) is 3.77. The molecule has 0 saturated carbocycles. The summed E-state index contributed by atoms with van der Waals surface area (Å²) in [6.07, 6.45) is 5.57. The predicted molar refractivity (Wildman–Crippen MR) is 164 cm³/mol. The van der Waals surface area contributed by atoms with Crippen molar-refractivity contribution < 1.29 is 19.3 Å². The summed E-state index contributed by atoms with van der Waals surface area (Å²) in [6.45, 7) is 6.06. The Morgan fingerprint density at radius 1 is 1.00 bits per heavy atom. The lowest BCUT2D eigenvalue weighted by molar-refractivity contribution is 0.149. The number of fused-ring (bicyclic) bond motifs is 1. The van der Waals surface area contributed by atoms with Gasteiger partial charge in [-0.15, -0.1) is 11.3 Å². The van der Waals surface area contributed by atoms with Gasteiger partial charge in [0.25, 0.3) is 0 Å². The highest BCUT2D eigenvalue weighted by molar-refractivity contribution is 7.18. The first-order chi connectivity index (χ1) is 20.5. The molecule has 12 nitrogen and oxygen atoms in total. The fraction of sp³-hybridized carbons (Fsp3) is 0.483. The van der Waals surface area contributed by atoms with E-state index in [1.54, 1.807) is 39.0 Å². The van der Waals surface area contributed by atoms with Crippen LogP contribution in [0.3, 0.4) is 0 Å². The Labute approximate surface area is 249 Å². The maximum absolute atomic E-state index is 9.98. The second-order valence-electron chi connectivity index (χ2n) is 10.7. The average molecular weight is 595 g/mol. The van der Waals surface area contributed by atoms with Crippen molar-refractivity contribution in [2.75, 3.05) is 77.9 Å². The number of thiophene rings is 1. The fourth-order valence-corrected chi connectivity index (χ4v) is 6.71. The molecule has 5 heterocycles. The number of rotatable bonds is 10. The molecule has 0 radical (unpaired) electrons. The zero-order chi connectivity index (χ0) is 29.2. The van der Waals surface area contributed by atoms with E-state index in [4.69, 9.17) is 24.2 Å². The van der Waals surface area contributed by atoms with Gasteiger partial charge in [-0.2, -0.15) is 4.98 Å². The van der Waals surface area contributed by atoms with Gasteiger partial charge in [0.2, 0.25) is 11.7 Å². The van der Waals surface area contributed by atoms with Gasteiger partial charge in [0.05, 0.1) is 51.2 Å². The van der Waals surface area contributed by atoms with Crippen molar-refractivity contribution in [3.63, 3.8) is 0 Å². The number of ether oxygens (including phenoxy) is 3. The normalized spacial score (nSPS) is 18.1. The van der Waals surface area contributed by atoms with Crippen LogP contribution in [0.2, 0.25) is 0 Å². The molecule has 1 atom stereocenters. The van der Waals surface area contributed by atoms with Crippen LogP contribution in [-0.2, 0) is 6.54 Å². The zero-order valence-corrected chi connectivity index (χ0v) is 25.4. The summed E-state index contributed by atoms with van der Waals surface area (Å²) < 4.78 is 18.4. The summed E-state index contributed by atoms with van der Waals surface area (Å²) in [5, 5.41) is 14.4. The van der Waals surface area contributed by atoms with Crippen molar-refractivity contribution in [2.45, 2.75) is 25.4 Å². The molecule has 13 heteroatoms. The van der Waals surface area contributed by atoms with Gasteiger partial charge >= 0.3 is 0 Å². The van der Waals surface area contributed by atoms with Crippen molar-refractivity contribution >= 4 is 39.1 Å². The number of piperazine rings is 1. The van der Waals surface area contributed by atoms with Crippen LogP contribution >= 0.6 is 11.3 Å². The first-order valence-corrected chi connectivity index (χ1v) is 15.0. The highest BCUT2D eigenvalue weighted by Crippen LogP contribution is 2.40. The number of aliphatic hydroxyl groups excluding tert-OH is 1. The Morgan fingerprint density at radius 3 is 2.45 bits per heavy atom. The molecular formula is C29H38N8O4S. The summed E-state index contributed by atoms with van der Waals surface area (Å²) in [7, 11) is 6.95. The molecular weight excluding hydrogens is 556 g/mol. The van der Waals surface area contributed by atoms with E-state index in [1.807, 2.05) is 22.9 Å². The van der Waals surface area contributed by atoms with Crippen LogP contribution in [0, 0.1) is 0 Å². The molecule has 2 saturated heterocycles. The third kappa shape index (κ3) is 5.69. The van der Waals surface area contributed by atoms with E-state index in [2.05, 4.69) is 38.1 Å². The number of likely N-dealkylation sites (N-methyl/N-ethyl adjacent to an activating group) is 1. The van der Waals surface area contributed by atoms with Crippen LogP contribution in [0.15, 0.2) is 30.7 Å². The molecule has 1 aromatic carbocycles. The number of aromatic nitrogens is 4. The van der Waals surface area contributed by atoms with Crippen molar-refractivity contribution in [3.05, 3.63) is 35.6 Å². The molecule has 3 aromatic heterocycles. The lowest BCUT2D eigenvalue weighted by Gasteiger charge is -2.31. The molecule has 6 rings (SSSR count). The molecule has 42 heavy (non-hydrogen) atoms. The number of nitrogens with zero attached hydrogens (tertiary/aromatic N) is 7. The number of aliphatic hydroxyl groups is 1. The van der Waals surface area contributed by atoms with Gasteiger partial charge < -0.3 is 39.0 Å². The molecule has 2 N–H and O–H groups in total. The molecule has 2 aliphatic heterocycles. The molecule has 2 fully saturated rings. The molecule has 2 aliphatic rings. The largest absolute Gasteiger partial charge is 0.493 e. The zero-order valence-electron chi connectivity index (χ0n) is 24.5. The van der Waals surface area contributed by atoms with Gasteiger partial charge in [0.15, 0.2) is 11.5 Å². The van der Waals surface area contributed by atoms with Crippen LogP contribution in [0.1, 0.15) is 17.7 Å². The summed E-state index contributed by atoms with van der Waals surface area (Å²) in [5.41, 5.74) is 0.812. The first-order valence-electron chi connectivity index (χ1n) is 14.2. The van der Waals surface area contributed by atoms with Gasteiger partial charge in [-0.25, -0.2) is 9.97 Å². The molecule has 0 aliphatic carbocycles. The highest BCUT2D eigenvalue weighted by atomic mass is 32.1. The summed E-state index contributed by atoms with van der Waals surface area (Å²) in [4.78, 5) is 23.8. The molecule has 224 valence electrons. The Morgan fingerprint density at radius 2 is 1.76 bits per heavy atom. The number of hydrogen-bond donors (Lipinski definition) is 2. The molecule has 0 spiro atoms. The maximum atomic E-state index is 9.98. The van der Waals surface area contributed by atoms with Crippen LogP contribution in [-0.4, -0.2) is 108 Å². The summed E-state index contributed by atoms with van der Waals surface area (Å²) >= 11 is 1.71.